The van der Waals surface area contributed by atoms with E-state index in [4.69, 9.17) is 20.3 Å². The van der Waals surface area contributed by atoms with Gasteiger partial charge in [0.15, 0.2) is 0 Å². The maximum Gasteiger partial charge on any atom is 0.222 e. The van der Waals surface area contributed by atoms with Crippen molar-refractivity contribution in [2.75, 3.05) is 7.05 Å². The lowest BCUT2D eigenvalue weighted by Crippen LogP contribution is -2.49. The molecule has 170 valence electrons. The highest BCUT2D eigenvalue weighted by Crippen LogP contribution is 2.52. The van der Waals surface area contributed by atoms with Crippen molar-refractivity contribution < 1.29 is 9.57 Å². The minimum absolute atomic E-state index is 0.383. The number of nitrogens with two attached hydrogens (primary N) is 1. The molecule has 0 aromatic heterocycles. The van der Waals surface area contributed by atoms with Crippen molar-refractivity contribution in [1.82, 2.24) is 5.06 Å². The molecule has 2 heterocycles. The predicted molar refractivity (Wildman–Crippen MR) is 128 cm³/mol. The highest BCUT2D eigenvalue weighted by molar-refractivity contribution is 5.79. The molecule has 0 bridgehead atoms. The van der Waals surface area contributed by atoms with E-state index in [-0.39, 0.29) is 5.60 Å². The van der Waals surface area contributed by atoms with E-state index < -0.39 is 5.72 Å². The average Bonchev–Trinajstić information content (AvgIpc) is 3.37. The monoisotopic (exact) mass is 441 g/mol. The SMILES string of the molecule is CN1OC2(CC3(CCCc4ccccc4C3)Oc3ccc(C#CC4CCCC4)cc32)N=C1N. The van der Waals surface area contributed by atoms with E-state index >= 15 is 0 Å². The third kappa shape index (κ3) is 3.67. The van der Waals surface area contributed by atoms with Crippen molar-refractivity contribution in [1.29, 1.82) is 0 Å². The summed E-state index contributed by atoms with van der Waals surface area (Å²) in [4.78, 5) is 11.3. The molecule has 1 saturated carbocycles. The van der Waals surface area contributed by atoms with E-state index in [1.165, 1.54) is 36.8 Å². The van der Waals surface area contributed by atoms with E-state index in [9.17, 15) is 0 Å². The van der Waals surface area contributed by atoms with Crippen molar-refractivity contribution in [2.45, 2.75) is 69.1 Å². The van der Waals surface area contributed by atoms with Gasteiger partial charge in [-0.05, 0) is 61.4 Å². The van der Waals surface area contributed by atoms with Gasteiger partial charge in [-0.25, -0.2) is 14.9 Å². The Balaban J connectivity index is 1.41. The molecule has 2 aliphatic carbocycles. The highest BCUT2D eigenvalue weighted by Gasteiger charge is 2.54. The Kier molecular flexibility index (Phi) is 4.88. The molecule has 6 rings (SSSR count). The van der Waals surface area contributed by atoms with Crippen molar-refractivity contribution in [3.8, 4) is 17.6 Å². The number of aryl methyl sites for hydroxylation is 1. The van der Waals surface area contributed by atoms with Crippen molar-refractivity contribution >= 4 is 5.96 Å². The number of hydroxylamine groups is 2. The number of fused-ring (bicyclic) bond motifs is 3. The van der Waals surface area contributed by atoms with Crippen LogP contribution in [0.15, 0.2) is 47.5 Å². The first-order chi connectivity index (χ1) is 16.0. The van der Waals surface area contributed by atoms with Gasteiger partial charge in [-0.1, -0.05) is 48.9 Å². The maximum atomic E-state index is 6.83. The first-order valence-corrected chi connectivity index (χ1v) is 12.2. The van der Waals surface area contributed by atoms with Crippen LogP contribution in [0.1, 0.15) is 67.2 Å². The van der Waals surface area contributed by atoms with Crippen LogP contribution in [0.25, 0.3) is 0 Å². The Hall–Kier alpha value is -2.97. The lowest BCUT2D eigenvalue weighted by Gasteiger charge is -2.45. The largest absolute Gasteiger partial charge is 0.486 e. The summed E-state index contributed by atoms with van der Waals surface area (Å²) in [6.07, 6.45) is 9.58. The van der Waals surface area contributed by atoms with E-state index in [1.807, 2.05) is 7.05 Å². The fourth-order valence-electron chi connectivity index (χ4n) is 6.04. The van der Waals surface area contributed by atoms with Crippen LogP contribution < -0.4 is 10.5 Å². The normalized spacial score (nSPS) is 28.5. The molecule has 4 aliphatic rings. The number of hydrogen-bond donors (Lipinski definition) is 1. The van der Waals surface area contributed by atoms with E-state index in [2.05, 4.69) is 54.3 Å². The third-order valence-electron chi connectivity index (χ3n) is 7.68. The van der Waals surface area contributed by atoms with Crippen LogP contribution in [-0.4, -0.2) is 23.7 Å². The quantitative estimate of drug-likeness (QED) is 0.604. The molecule has 0 amide bonds. The molecule has 5 heteroatoms. The van der Waals surface area contributed by atoms with Gasteiger partial charge in [-0.2, -0.15) is 0 Å². The molecule has 0 saturated heterocycles. The number of ether oxygens (including phenoxy) is 1. The summed E-state index contributed by atoms with van der Waals surface area (Å²) in [6, 6.07) is 15.0. The summed E-state index contributed by atoms with van der Waals surface area (Å²) in [5, 5.41) is 1.59. The van der Waals surface area contributed by atoms with E-state index in [1.54, 1.807) is 5.06 Å². The van der Waals surface area contributed by atoms with Crippen LogP contribution >= 0.6 is 0 Å². The van der Waals surface area contributed by atoms with Gasteiger partial charge in [0.2, 0.25) is 11.7 Å². The van der Waals surface area contributed by atoms with Crippen LogP contribution in [0.5, 0.6) is 5.75 Å². The van der Waals surface area contributed by atoms with Crippen LogP contribution in [0.3, 0.4) is 0 Å². The summed E-state index contributed by atoms with van der Waals surface area (Å²) < 4.78 is 6.83. The van der Waals surface area contributed by atoms with Gasteiger partial charge in [0.05, 0.1) is 5.56 Å². The van der Waals surface area contributed by atoms with Gasteiger partial charge in [0.25, 0.3) is 0 Å². The van der Waals surface area contributed by atoms with Crippen LogP contribution in [-0.2, 0) is 23.4 Å². The Morgan fingerprint density at radius 3 is 2.70 bits per heavy atom. The summed E-state index contributed by atoms with van der Waals surface area (Å²) in [7, 11) is 1.82. The molecule has 2 atom stereocenters. The molecule has 1 fully saturated rings. The maximum absolute atomic E-state index is 6.83. The predicted octanol–water partition coefficient (Wildman–Crippen LogP) is 4.67. The average molecular weight is 442 g/mol. The van der Waals surface area contributed by atoms with Crippen LogP contribution in [0.2, 0.25) is 0 Å². The minimum Gasteiger partial charge on any atom is -0.486 e. The summed E-state index contributed by atoms with van der Waals surface area (Å²) >= 11 is 0. The minimum atomic E-state index is -0.878. The summed E-state index contributed by atoms with van der Waals surface area (Å²) in [5.41, 5.74) is 9.65. The number of aliphatic imine (C=N–C) groups is 1. The molecular weight excluding hydrogens is 410 g/mol. The Bertz CT molecular complexity index is 1170. The van der Waals surface area contributed by atoms with Crippen molar-refractivity contribution in [2.24, 2.45) is 16.6 Å². The van der Waals surface area contributed by atoms with Crippen LogP contribution in [0.4, 0.5) is 0 Å². The summed E-state index contributed by atoms with van der Waals surface area (Å²) in [6.45, 7) is 0. The second kappa shape index (κ2) is 7.81. The molecule has 2 aromatic rings. The van der Waals surface area contributed by atoms with Gasteiger partial charge in [0.1, 0.15) is 11.4 Å². The molecule has 2 spiro atoms. The molecule has 2 aromatic carbocycles. The molecule has 2 N–H and O–H groups in total. The Morgan fingerprint density at radius 1 is 1.09 bits per heavy atom. The first-order valence-electron chi connectivity index (χ1n) is 12.2. The molecule has 33 heavy (non-hydrogen) atoms. The fraction of sp³-hybridized carbons (Fsp3) is 0.464. The first kappa shape index (κ1) is 20.6. The van der Waals surface area contributed by atoms with Crippen molar-refractivity contribution in [3.63, 3.8) is 0 Å². The van der Waals surface area contributed by atoms with Gasteiger partial charge in [-0.15, -0.1) is 0 Å². The van der Waals surface area contributed by atoms with E-state index in [0.29, 0.717) is 18.3 Å². The number of benzene rings is 2. The van der Waals surface area contributed by atoms with E-state index in [0.717, 1.165) is 42.6 Å². The van der Waals surface area contributed by atoms with Gasteiger partial charge >= 0.3 is 0 Å². The van der Waals surface area contributed by atoms with Gasteiger partial charge < -0.3 is 10.5 Å². The number of nitrogens with zero attached hydrogens (tertiary/aromatic N) is 2. The zero-order chi connectivity index (χ0) is 22.5. The smallest absolute Gasteiger partial charge is 0.222 e. The van der Waals surface area contributed by atoms with Crippen LogP contribution in [0, 0.1) is 17.8 Å². The Morgan fingerprint density at radius 2 is 1.91 bits per heavy atom. The van der Waals surface area contributed by atoms with Gasteiger partial charge in [0, 0.05) is 31.4 Å². The number of hydrogen-bond acceptors (Lipinski definition) is 5. The number of guanidine groups is 1. The standard InChI is InChI=1S/C28H31N3O2/c1-31-26(29)30-28(33-31)19-27(16-6-11-22-9-4-5-10-23(22)18-27)32-25-15-14-21(17-24(25)28)13-12-20-7-2-3-8-20/h4-5,9-10,14-15,17,20H,2-3,6-8,11,16,18-19H2,1H3,(H2,29,30). The summed E-state index contributed by atoms with van der Waals surface area (Å²) in [5.74, 6) is 8.63. The van der Waals surface area contributed by atoms with Crippen molar-refractivity contribution in [3.05, 3.63) is 64.7 Å². The third-order valence-corrected chi connectivity index (χ3v) is 7.68. The lowest BCUT2D eigenvalue weighted by atomic mass is 9.79. The lowest BCUT2D eigenvalue weighted by molar-refractivity contribution is -0.204. The fourth-order valence-corrected chi connectivity index (χ4v) is 6.04. The topological polar surface area (TPSA) is 60.1 Å². The zero-order valence-electron chi connectivity index (χ0n) is 19.3. The molecule has 2 aliphatic heterocycles. The molecule has 5 nitrogen and oxygen atoms in total. The Labute approximate surface area is 195 Å². The second-order valence-corrected chi connectivity index (χ2v) is 10.1. The highest BCUT2D eigenvalue weighted by atomic mass is 16.7. The zero-order valence-corrected chi connectivity index (χ0v) is 19.3. The molecule has 0 radical (unpaired) electrons. The van der Waals surface area contributed by atoms with Gasteiger partial charge in [-0.3, -0.25) is 0 Å². The number of rotatable bonds is 0. The molecule has 2 unspecified atom stereocenters. The molecular formula is C28H31N3O2. The second-order valence-electron chi connectivity index (χ2n) is 10.1.